The standard InChI is InChI=1S/C24H31FN6O4S/c1-3-8-36-24-27-22(26-16-10-14(16)13-5-4-12(2)15(25)9-13)19-23(28-24)31(30-29-19)17-11-18(35-7-6-32)21(34)20(17)33/h4-5,9,14,16-18,20-21,32-34H,3,6-8,10-11H2,1-2H3,(H,26,27,28)/t14-,16+,17+,18-,20-,21+/m0/s1/i4D,5D,6D2,7D2,9D,10D2,16D. The van der Waals surface area contributed by atoms with Gasteiger partial charge in [0, 0.05) is 26.9 Å². The van der Waals surface area contributed by atoms with Crippen LogP contribution in [0.1, 0.15) is 62.9 Å². The molecule has 0 bridgehead atoms. The number of benzene rings is 1. The van der Waals surface area contributed by atoms with Gasteiger partial charge in [0.15, 0.2) is 22.1 Å². The highest BCUT2D eigenvalue weighted by atomic mass is 32.2. The van der Waals surface area contributed by atoms with Crippen LogP contribution in [-0.2, 0) is 4.74 Å². The molecule has 0 aliphatic heterocycles. The fourth-order valence-corrected chi connectivity index (χ4v) is 4.67. The van der Waals surface area contributed by atoms with Crippen LogP contribution in [0.25, 0.3) is 11.2 Å². The fourth-order valence-electron chi connectivity index (χ4n) is 3.98. The zero-order chi connectivity index (χ0) is 34.3. The number of hydrogen-bond donors (Lipinski definition) is 4. The minimum absolute atomic E-state index is 0.0351. The van der Waals surface area contributed by atoms with Gasteiger partial charge in [0.25, 0.3) is 0 Å². The Morgan fingerprint density at radius 2 is 2.22 bits per heavy atom. The van der Waals surface area contributed by atoms with Crippen molar-refractivity contribution in [2.45, 2.75) is 74.5 Å². The number of nitrogens with one attached hydrogen (secondary N) is 1. The number of aromatic nitrogens is 5. The summed E-state index contributed by atoms with van der Waals surface area (Å²) >= 11 is 1.19. The Morgan fingerprint density at radius 1 is 1.39 bits per heavy atom. The zero-order valence-electron chi connectivity index (χ0n) is 29.3. The summed E-state index contributed by atoms with van der Waals surface area (Å²) in [5.41, 5.74) is -0.827. The fraction of sp³-hybridized carbons (Fsp3) is 0.583. The number of ether oxygens (including phenoxy) is 1. The van der Waals surface area contributed by atoms with E-state index in [4.69, 9.17) is 18.4 Å². The van der Waals surface area contributed by atoms with Crippen LogP contribution in [0.15, 0.2) is 23.3 Å². The van der Waals surface area contributed by atoms with Gasteiger partial charge in [-0.15, -0.1) is 5.10 Å². The number of anilines is 1. The highest BCUT2D eigenvalue weighted by Gasteiger charge is 2.45. The van der Waals surface area contributed by atoms with E-state index in [1.165, 1.54) is 18.7 Å². The molecule has 6 atom stereocenters. The average molecular weight is 529 g/mol. The van der Waals surface area contributed by atoms with Gasteiger partial charge in [-0.3, -0.25) is 0 Å². The van der Waals surface area contributed by atoms with E-state index in [2.05, 4.69) is 25.6 Å². The maximum atomic E-state index is 14.8. The van der Waals surface area contributed by atoms with E-state index < -0.39 is 85.3 Å². The number of aliphatic hydroxyl groups excluding tert-OH is 2. The van der Waals surface area contributed by atoms with Crippen molar-refractivity contribution in [3.63, 3.8) is 0 Å². The van der Waals surface area contributed by atoms with E-state index in [1.807, 2.05) is 6.92 Å². The van der Waals surface area contributed by atoms with Crippen LogP contribution in [0.4, 0.5) is 10.2 Å². The Morgan fingerprint density at radius 3 is 3.00 bits per heavy atom. The second kappa shape index (κ2) is 10.5. The van der Waals surface area contributed by atoms with Crippen LogP contribution in [-0.4, -0.2) is 83.5 Å². The van der Waals surface area contributed by atoms with E-state index in [1.54, 1.807) is 0 Å². The lowest BCUT2D eigenvalue weighted by atomic mass is 10.1. The highest BCUT2D eigenvalue weighted by molar-refractivity contribution is 7.99. The van der Waals surface area contributed by atoms with Gasteiger partial charge in [-0.05, 0) is 36.9 Å². The Kier molecular flexibility index (Phi) is 4.62. The predicted molar refractivity (Wildman–Crippen MR) is 133 cm³/mol. The van der Waals surface area contributed by atoms with E-state index >= 15 is 0 Å². The Balaban J connectivity index is 1.54. The molecule has 0 spiro atoms. The number of halogens is 1. The Bertz CT molecular complexity index is 1650. The minimum Gasteiger partial charge on any atom is -0.394 e. The molecule has 2 aromatic heterocycles. The van der Waals surface area contributed by atoms with Gasteiger partial charge >= 0.3 is 0 Å². The van der Waals surface area contributed by atoms with E-state index in [9.17, 15) is 19.7 Å². The summed E-state index contributed by atoms with van der Waals surface area (Å²) in [6.07, 6.45) is -6.94. The second-order valence-corrected chi connectivity index (χ2v) is 9.47. The van der Waals surface area contributed by atoms with Gasteiger partial charge in [0.1, 0.15) is 18.0 Å². The van der Waals surface area contributed by atoms with Crippen molar-refractivity contribution >= 4 is 28.7 Å². The first kappa shape index (κ1) is 15.8. The molecule has 5 rings (SSSR count). The minimum atomic E-state index is -3.43. The van der Waals surface area contributed by atoms with E-state index in [0.29, 0.717) is 12.2 Å². The number of rotatable bonds is 10. The van der Waals surface area contributed by atoms with Crippen LogP contribution < -0.4 is 5.32 Å². The highest BCUT2D eigenvalue weighted by Crippen LogP contribution is 2.44. The molecule has 0 radical (unpaired) electrons. The van der Waals surface area contributed by atoms with E-state index in [0.717, 1.165) is 4.68 Å². The summed E-state index contributed by atoms with van der Waals surface area (Å²) in [7, 11) is 0. The summed E-state index contributed by atoms with van der Waals surface area (Å²) in [5.74, 6) is -2.29. The molecule has 36 heavy (non-hydrogen) atoms. The third kappa shape index (κ3) is 4.92. The first-order valence-corrected chi connectivity index (χ1v) is 12.2. The van der Waals surface area contributed by atoms with Crippen molar-refractivity contribution in [1.82, 2.24) is 25.0 Å². The zero-order valence-corrected chi connectivity index (χ0v) is 20.1. The van der Waals surface area contributed by atoms with Gasteiger partial charge in [-0.2, -0.15) is 0 Å². The third-order valence-electron chi connectivity index (χ3n) is 5.91. The molecule has 10 nitrogen and oxygen atoms in total. The number of nitrogens with zero attached hydrogens (tertiary/aromatic N) is 5. The molecule has 3 aromatic rings. The van der Waals surface area contributed by atoms with Gasteiger partial charge in [-0.1, -0.05) is 36.0 Å². The Labute approximate surface area is 226 Å². The van der Waals surface area contributed by atoms with Crippen LogP contribution in [0.3, 0.4) is 0 Å². The lowest BCUT2D eigenvalue weighted by Gasteiger charge is -2.17. The molecule has 2 fully saturated rings. The molecule has 12 heteroatoms. The van der Waals surface area contributed by atoms with Crippen molar-refractivity contribution in [1.29, 1.82) is 0 Å². The van der Waals surface area contributed by atoms with Crippen LogP contribution in [0.5, 0.6) is 0 Å². The first-order chi connectivity index (χ1) is 21.2. The molecule has 0 saturated heterocycles. The summed E-state index contributed by atoms with van der Waals surface area (Å²) < 4.78 is 102. The van der Waals surface area contributed by atoms with Crippen molar-refractivity contribution < 1.29 is 38.2 Å². The van der Waals surface area contributed by atoms with Gasteiger partial charge in [0.2, 0.25) is 0 Å². The molecule has 2 saturated carbocycles. The van der Waals surface area contributed by atoms with Gasteiger partial charge < -0.3 is 25.4 Å². The van der Waals surface area contributed by atoms with Crippen LogP contribution in [0.2, 0.25) is 0 Å². The predicted octanol–water partition coefficient (Wildman–Crippen LogP) is 2.18. The van der Waals surface area contributed by atoms with Gasteiger partial charge in [0.05, 0.1) is 36.2 Å². The molecule has 2 aliphatic carbocycles. The number of fused-ring (bicyclic) bond motifs is 1. The topological polar surface area (TPSA) is 138 Å². The average Bonchev–Trinajstić information content (AvgIpc) is 3.26. The lowest BCUT2D eigenvalue weighted by Crippen LogP contribution is -2.33. The quantitative estimate of drug-likeness (QED) is 0.229. The molecule has 0 unspecified atom stereocenters. The summed E-state index contributed by atoms with van der Waals surface area (Å²) in [6, 6.07) is -5.34. The summed E-state index contributed by atoms with van der Waals surface area (Å²) in [4.78, 5) is 8.85. The SMILES string of the molecule is [2H]c1c([2H])c([C@@H]2C([2H])([2H])[C@@]2([2H])Nc2nc(SCCC)nc3c2nnn3[C@@H]2C[C@H](OC([2H])([2H])C([2H])([2H])O)[C@@H](O)[C@H]2O)c([2H])c(F)c1C. The van der Waals surface area contributed by atoms with Crippen LogP contribution >= 0.6 is 11.8 Å². The number of aliphatic hydroxyl groups is 3. The molecular weight excluding hydrogens is 487 g/mol. The van der Waals surface area contributed by atoms with E-state index in [-0.39, 0.29) is 34.1 Å². The Hall–Kier alpha value is -2.38. The lowest BCUT2D eigenvalue weighted by molar-refractivity contribution is -0.0629. The normalized spacial score (nSPS) is 35.9. The number of hydrogen-bond acceptors (Lipinski definition) is 10. The number of thioether (sulfide) groups is 1. The molecule has 194 valence electrons. The van der Waals surface area contributed by atoms with Crippen LogP contribution in [0, 0.1) is 12.7 Å². The van der Waals surface area contributed by atoms with Crippen molar-refractivity contribution in [3.05, 3.63) is 35.1 Å². The molecular formula is C24H31FN6O4S. The van der Waals surface area contributed by atoms with Crippen molar-refractivity contribution in [2.75, 3.05) is 24.2 Å². The second-order valence-electron chi connectivity index (χ2n) is 8.41. The monoisotopic (exact) mass is 528 g/mol. The molecule has 4 N–H and O–H groups in total. The molecule has 2 aliphatic rings. The maximum absolute atomic E-state index is 14.8. The first-order valence-electron chi connectivity index (χ1n) is 16.3. The summed E-state index contributed by atoms with van der Waals surface area (Å²) in [5, 5.41) is 41.9. The van der Waals surface area contributed by atoms with Crippen molar-refractivity contribution in [2.24, 2.45) is 0 Å². The molecule has 1 aromatic carbocycles. The third-order valence-corrected chi connectivity index (χ3v) is 6.97. The smallest absolute Gasteiger partial charge is 0.191 e. The molecule has 2 heterocycles. The molecule has 0 amide bonds. The maximum Gasteiger partial charge on any atom is 0.191 e. The van der Waals surface area contributed by atoms with Gasteiger partial charge in [-0.25, -0.2) is 19.0 Å². The van der Waals surface area contributed by atoms with Crippen molar-refractivity contribution in [3.8, 4) is 0 Å². The summed E-state index contributed by atoms with van der Waals surface area (Å²) in [6.45, 7) is -3.54. The largest absolute Gasteiger partial charge is 0.394 e.